The normalized spacial score (nSPS) is 19.6. The van der Waals surface area contributed by atoms with Crippen LogP contribution in [0, 0.1) is 0 Å². The summed E-state index contributed by atoms with van der Waals surface area (Å²) >= 11 is 0. The fraction of sp³-hybridized carbons (Fsp3) is 0.455. The van der Waals surface area contributed by atoms with Crippen molar-refractivity contribution in [3.8, 4) is 0 Å². The molecule has 2 atom stereocenters. The molecule has 0 bridgehead atoms. The van der Waals surface area contributed by atoms with Crippen LogP contribution in [0.25, 0.3) is 0 Å². The number of halogens is 12. The Morgan fingerprint density at radius 3 is 1.00 bits per heavy atom. The molecule has 0 N–H and O–H groups in total. The highest BCUT2D eigenvalue weighted by Gasteiger charge is 2.41. The maximum Gasteiger partial charge on any atom is 0.416 e. The van der Waals surface area contributed by atoms with Crippen LogP contribution in [-0.4, -0.2) is 29.0 Å². The lowest BCUT2D eigenvalue weighted by atomic mass is 9.95. The van der Waals surface area contributed by atoms with Gasteiger partial charge < -0.3 is 0 Å². The first-order valence-corrected chi connectivity index (χ1v) is 14.1. The molecular formula is C22H16F12O6S2. The summed E-state index contributed by atoms with van der Waals surface area (Å²) in [4.78, 5) is -3.05. The van der Waals surface area contributed by atoms with Crippen molar-refractivity contribution >= 4 is 20.2 Å². The predicted molar refractivity (Wildman–Crippen MR) is 115 cm³/mol. The molecule has 0 spiro atoms. The van der Waals surface area contributed by atoms with Crippen molar-refractivity contribution in [1.82, 2.24) is 0 Å². The number of benzene rings is 2. The van der Waals surface area contributed by atoms with Gasteiger partial charge in [0.1, 0.15) is 0 Å². The summed E-state index contributed by atoms with van der Waals surface area (Å²) in [6, 6.07) is -1.11. The molecule has 0 saturated heterocycles. The third-order valence-electron chi connectivity index (χ3n) is 5.80. The van der Waals surface area contributed by atoms with Crippen LogP contribution in [0.4, 0.5) is 52.7 Å². The van der Waals surface area contributed by atoms with Gasteiger partial charge in [0.05, 0.1) is 44.3 Å². The second-order valence-corrected chi connectivity index (χ2v) is 12.1. The lowest BCUT2D eigenvalue weighted by molar-refractivity contribution is -0.145. The Kier molecular flexibility index (Phi) is 9.01. The van der Waals surface area contributed by atoms with E-state index in [0.29, 0.717) is 0 Å². The summed E-state index contributed by atoms with van der Waals surface area (Å²) in [5.41, 5.74) is -7.85. The molecule has 1 saturated carbocycles. The predicted octanol–water partition coefficient (Wildman–Crippen LogP) is 7.18. The van der Waals surface area contributed by atoms with Crippen molar-refractivity contribution in [2.75, 3.05) is 0 Å². The van der Waals surface area contributed by atoms with Gasteiger partial charge in [-0.1, -0.05) is 0 Å². The molecule has 42 heavy (non-hydrogen) atoms. The lowest BCUT2D eigenvalue weighted by Crippen LogP contribution is -2.31. The Bertz CT molecular complexity index is 1350. The number of alkyl halides is 12. The first-order chi connectivity index (χ1) is 18.8. The molecule has 1 aliphatic rings. The van der Waals surface area contributed by atoms with Crippen molar-refractivity contribution < 1.29 is 77.9 Å². The quantitative estimate of drug-likeness (QED) is 0.240. The third-order valence-corrected chi connectivity index (χ3v) is 8.48. The Hall–Kier alpha value is -2.58. The maximum absolute atomic E-state index is 13.1. The highest BCUT2D eigenvalue weighted by Crippen LogP contribution is 2.40. The van der Waals surface area contributed by atoms with Gasteiger partial charge >= 0.3 is 24.7 Å². The second-order valence-electron chi connectivity index (χ2n) is 8.99. The molecule has 2 unspecified atom stereocenters. The highest BCUT2D eigenvalue weighted by molar-refractivity contribution is 7.87. The minimum Gasteiger partial charge on any atom is -0.263 e. The van der Waals surface area contributed by atoms with Crippen LogP contribution in [0.15, 0.2) is 46.2 Å². The molecule has 0 amide bonds. The topological polar surface area (TPSA) is 86.7 Å². The first-order valence-electron chi connectivity index (χ1n) is 11.2. The smallest absolute Gasteiger partial charge is 0.263 e. The molecule has 6 nitrogen and oxygen atoms in total. The second kappa shape index (κ2) is 11.2. The van der Waals surface area contributed by atoms with E-state index in [2.05, 4.69) is 0 Å². The van der Waals surface area contributed by atoms with Crippen molar-refractivity contribution in [3.05, 3.63) is 58.7 Å². The summed E-state index contributed by atoms with van der Waals surface area (Å²) in [5.74, 6) is 0. The Morgan fingerprint density at radius 1 is 0.500 bits per heavy atom. The Morgan fingerprint density at radius 2 is 0.762 bits per heavy atom. The van der Waals surface area contributed by atoms with Crippen LogP contribution >= 0.6 is 0 Å². The van der Waals surface area contributed by atoms with Gasteiger partial charge in [-0.25, -0.2) is 0 Å². The average molecular weight is 668 g/mol. The standard InChI is InChI=1S/C22H16F12O6S2/c23-19(24,25)11-4-12(20(26,27)28)7-17(6-11)41(35,36)39-15-2-1-3-16(10-15)40-42(37,38)18-8-13(21(29,30)31)5-14(9-18)22(32,33)34/h4-9,15-16H,1-3,10H2. The third kappa shape index (κ3) is 8.28. The zero-order valence-corrected chi connectivity index (χ0v) is 21.9. The minimum absolute atomic E-state index is 0.113. The van der Waals surface area contributed by atoms with E-state index in [1.165, 1.54) is 0 Å². The molecule has 236 valence electrons. The van der Waals surface area contributed by atoms with Crippen LogP contribution in [0.5, 0.6) is 0 Å². The zero-order chi connectivity index (χ0) is 32.1. The molecule has 3 rings (SSSR count). The van der Waals surface area contributed by atoms with E-state index in [1.807, 2.05) is 0 Å². The van der Waals surface area contributed by atoms with Crippen LogP contribution in [0.3, 0.4) is 0 Å². The molecule has 20 heteroatoms. The van der Waals surface area contributed by atoms with Crippen molar-refractivity contribution in [2.45, 2.75) is 72.4 Å². The molecule has 0 aliphatic heterocycles. The lowest BCUT2D eigenvalue weighted by Gasteiger charge is -2.28. The summed E-state index contributed by atoms with van der Waals surface area (Å²) in [6.45, 7) is 0. The van der Waals surface area contributed by atoms with Crippen LogP contribution in [0.2, 0.25) is 0 Å². The van der Waals surface area contributed by atoms with E-state index in [1.54, 1.807) is 0 Å². The minimum atomic E-state index is -5.39. The van der Waals surface area contributed by atoms with E-state index in [4.69, 9.17) is 8.37 Å². The van der Waals surface area contributed by atoms with E-state index >= 15 is 0 Å². The summed E-state index contributed by atoms with van der Waals surface area (Å²) in [6.07, 6.45) is -26.0. The highest BCUT2D eigenvalue weighted by atomic mass is 32.2. The zero-order valence-electron chi connectivity index (χ0n) is 20.2. The van der Waals surface area contributed by atoms with Crippen LogP contribution in [0.1, 0.15) is 47.9 Å². The molecule has 1 fully saturated rings. The van der Waals surface area contributed by atoms with Gasteiger partial charge in [0.2, 0.25) is 0 Å². The van der Waals surface area contributed by atoms with E-state index in [-0.39, 0.29) is 55.7 Å². The van der Waals surface area contributed by atoms with Gasteiger partial charge in [-0.05, 0) is 55.7 Å². The van der Waals surface area contributed by atoms with E-state index in [0.717, 1.165) is 0 Å². The fourth-order valence-corrected chi connectivity index (χ4v) is 6.26. The molecule has 2 aromatic carbocycles. The Balaban J connectivity index is 1.87. The molecule has 1 aliphatic carbocycles. The van der Waals surface area contributed by atoms with Gasteiger partial charge in [0.15, 0.2) is 0 Å². The summed E-state index contributed by atoms with van der Waals surface area (Å²) in [7, 11) is -10.7. The molecule has 2 aromatic rings. The fourth-order valence-electron chi connectivity index (χ4n) is 3.89. The summed E-state index contributed by atoms with van der Waals surface area (Å²) in [5, 5.41) is 0. The first kappa shape index (κ1) is 33.9. The van der Waals surface area contributed by atoms with Crippen LogP contribution < -0.4 is 0 Å². The van der Waals surface area contributed by atoms with Gasteiger partial charge in [-0.15, -0.1) is 0 Å². The van der Waals surface area contributed by atoms with Crippen LogP contribution in [-0.2, 0) is 53.3 Å². The molecular weight excluding hydrogens is 652 g/mol. The van der Waals surface area contributed by atoms with Crippen molar-refractivity contribution in [1.29, 1.82) is 0 Å². The number of hydrogen-bond donors (Lipinski definition) is 0. The van der Waals surface area contributed by atoms with Crippen molar-refractivity contribution in [3.63, 3.8) is 0 Å². The number of hydrogen-bond acceptors (Lipinski definition) is 6. The summed E-state index contributed by atoms with van der Waals surface area (Å²) < 4.78 is 217. The monoisotopic (exact) mass is 668 g/mol. The van der Waals surface area contributed by atoms with Crippen molar-refractivity contribution in [2.24, 2.45) is 0 Å². The van der Waals surface area contributed by atoms with E-state index in [9.17, 15) is 69.5 Å². The van der Waals surface area contributed by atoms with Gasteiger partial charge in [-0.3, -0.25) is 8.37 Å². The van der Waals surface area contributed by atoms with Gasteiger partial charge in [-0.2, -0.15) is 69.5 Å². The molecule has 0 radical (unpaired) electrons. The maximum atomic E-state index is 13.1. The van der Waals surface area contributed by atoms with E-state index < -0.39 is 95.6 Å². The van der Waals surface area contributed by atoms with Gasteiger partial charge in [0, 0.05) is 6.42 Å². The SMILES string of the molecule is O=S(=O)(OC1CCCC(OS(=O)(=O)c2cc(C(F)(F)F)cc(C(F)(F)F)c2)C1)c1cc(C(F)(F)F)cc(C(F)(F)F)c1. The molecule has 0 heterocycles. The Labute approximate surface area is 229 Å². The largest absolute Gasteiger partial charge is 0.416 e. The average Bonchev–Trinajstić information content (AvgIpc) is 2.81. The van der Waals surface area contributed by atoms with Gasteiger partial charge in [0.25, 0.3) is 20.2 Å². The molecule has 0 aromatic heterocycles. The number of rotatable bonds is 6.